The van der Waals surface area contributed by atoms with Gasteiger partial charge in [-0.3, -0.25) is 0 Å². The third-order valence-electron chi connectivity index (χ3n) is 3.63. The first-order valence-electron chi connectivity index (χ1n) is 7.22. The first-order valence-corrected chi connectivity index (χ1v) is 8.87. The summed E-state index contributed by atoms with van der Waals surface area (Å²) in [6.45, 7) is 7.79. The number of aryl methyl sites for hydroxylation is 1. The molecule has 0 amide bonds. The van der Waals surface area contributed by atoms with Gasteiger partial charge in [-0.25, -0.2) is 8.42 Å². The molecule has 4 heteroatoms. The van der Waals surface area contributed by atoms with Crippen molar-refractivity contribution in [2.45, 2.75) is 43.8 Å². The van der Waals surface area contributed by atoms with Gasteiger partial charge in [0.05, 0.1) is 10.6 Å². The molecule has 0 unspecified atom stereocenters. The fourth-order valence-corrected chi connectivity index (χ4v) is 3.78. The van der Waals surface area contributed by atoms with Gasteiger partial charge >= 0.3 is 0 Å². The molecule has 118 valence electrons. The van der Waals surface area contributed by atoms with Crippen molar-refractivity contribution in [3.8, 4) is 5.75 Å². The minimum Gasteiger partial charge on any atom is -0.507 e. The van der Waals surface area contributed by atoms with E-state index in [4.69, 9.17) is 0 Å². The van der Waals surface area contributed by atoms with Gasteiger partial charge in [-0.15, -0.1) is 0 Å². The maximum absolute atomic E-state index is 12.5. The fourth-order valence-electron chi connectivity index (χ4n) is 2.44. The average molecular weight is 318 g/mol. The van der Waals surface area contributed by atoms with Gasteiger partial charge in [0.15, 0.2) is 9.84 Å². The van der Waals surface area contributed by atoms with E-state index in [-0.39, 0.29) is 16.9 Å². The lowest BCUT2D eigenvalue weighted by Crippen LogP contribution is -2.13. The van der Waals surface area contributed by atoms with Gasteiger partial charge in [-0.2, -0.15) is 0 Å². The first-order chi connectivity index (χ1) is 10.1. The van der Waals surface area contributed by atoms with Crippen LogP contribution in [-0.4, -0.2) is 13.5 Å². The first kappa shape index (κ1) is 16.6. The normalized spacial score (nSPS) is 12.4. The molecule has 0 saturated carbocycles. The minimum atomic E-state index is -3.39. The standard InChI is InChI=1S/C18H22O3S/c1-13-10-14(11-16(17(13)19)18(2,3)4)12-22(20,21)15-8-6-5-7-9-15/h5-11,19H,12H2,1-4H3. The lowest BCUT2D eigenvalue weighted by molar-refractivity contribution is 0.442. The average Bonchev–Trinajstić information content (AvgIpc) is 2.42. The van der Waals surface area contributed by atoms with Gasteiger partial charge in [0.25, 0.3) is 0 Å². The predicted octanol–water partition coefficient (Wildman–Crippen LogP) is 3.97. The van der Waals surface area contributed by atoms with Crippen molar-refractivity contribution >= 4 is 9.84 Å². The van der Waals surface area contributed by atoms with Crippen molar-refractivity contribution in [2.75, 3.05) is 0 Å². The molecule has 2 aromatic rings. The topological polar surface area (TPSA) is 54.4 Å². The summed E-state index contributed by atoms with van der Waals surface area (Å²) in [6.07, 6.45) is 0. The number of phenolic OH excluding ortho intramolecular Hbond substituents is 1. The Morgan fingerprint density at radius 1 is 1.05 bits per heavy atom. The number of aromatic hydroxyl groups is 1. The Morgan fingerprint density at radius 3 is 2.18 bits per heavy atom. The summed E-state index contributed by atoms with van der Waals surface area (Å²) in [5.74, 6) is 0.176. The molecule has 0 heterocycles. The highest BCUT2D eigenvalue weighted by molar-refractivity contribution is 7.90. The zero-order chi connectivity index (χ0) is 16.5. The number of rotatable bonds is 3. The highest BCUT2D eigenvalue weighted by atomic mass is 32.2. The quantitative estimate of drug-likeness (QED) is 0.931. The van der Waals surface area contributed by atoms with Crippen LogP contribution in [0.2, 0.25) is 0 Å². The maximum Gasteiger partial charge on any atom is 0.182 e. The van der Waals surface area contributed by atoms with Crippen LogP contribution in [0.5, 0.6) is 5.75 Å². The molecule has 0 spiro atoms. The summed E-state index contributed by atoms with van der Waals surface area (Å²) < 4.78 is 25.0. The molecule has 2 aromatic carbocycles. The minimum absolute atomic E-state index is 0.0682. The maximum atomic E-state index is 12.5. The van der Waals surface area contributed by atoms with Crippen LogP contribution < -0.4 is 0 Å². The van der Waals surface area contributed by atoms with Crippen molar-refractivity contribution in [1.82, 2.24) is 0 Å². The van der Waals surface area contributed by atoms with Crippen LogP contribution in [0.25, 0.3) is 0 Å². The molecule has 0 radical (unpaired) electrons. The second kappa shape index (κ2) is 5.76. The van der Waals surface area contributed by atoms with Crippen molar-refractivity contribution < 1.29 is 13.5 Å². The Labute approximate surface area is 132 Å². The van der Waals surface area contributed by atoms with Crippen LogP contribution in [0.4, 0.5) is 0 Å². The van der Waals surface area contributed by atoms with Gasteiger partial charge in [-0.05, 0) is 41.2 Å². The second-order valence-electron chi connectivity index (χ2n) is 6.63. The largest absolute Gasteiger partial charge is 0.507 e. The molecular weight excluding hydrogens is 296 g/mol. The van der Waals surface area contributed by atoms with Crippen LogP contribution >= 0.6 is 0 Å². The zero-order valence-electron chi connectivity index (χ0n) is 13.4. The van der Waals surface area contributed by atoms with E-state index in [1.54, 1.807) is 49.4 Å². The molecule has 2 rings (SSSR count). The molecule has 0 aliphatic heterocycles. The third-order valence-corrected chi connectivity index (χ3v) is 5.33. The second-order valence-corrected chi connectivity index (χ2v) is 8.62. The van der Waals surface area contributed by atoms with Gasteiger partial charge in [0.1, 0.15) is 5.75 Å². The van der Waals surface area contributed by atoms with Crippen molar-refractivity contribution in [3.63, 3.8) is 0 Å². The highest BCUT2D eigenvalue weighted by Crippen LogP contribution is 2.34. The Hall–Kier alpha value is -1.81. The van der Waals surface area contributed by atoms with E-state index < -0.39 is 9.84 Å². The van der Waals surface area contributed by atoms with Crippen molar-refractivity contribution in [2.24, 2.45) is 0 Å². The third kappa shape index (κ3) is 3.50. The molecule has 1 N–H and O–H groups in total. The van der Waals surface area contributed by atoms with Gasteiger partial charge < -0.3 is 5.11 Å². The highest BCUT2D eigenvalue weighted by Gasteiger charge is 2.22. The molecule has 22 heavy (non-hydrogen) atoms. The van der Waals surface area contributed by atoms with Crippen LogP contribution in [0, 0.1) is 6.92 Å². The Balaban J connectivity index is 2.45. The number of benzene rings is 2. The van der Waals surface area contributed by atoms with E-state index in [9.17, 15) is 13.5 Å². The van der Waals surface area contributed by atoms with E-state index >= 15 is 0 Å². The molecule has 0 bridgehead atoms. The molecule has 0 aliphatic carbocycles. The number of hydrogen-bond donors (Lipinski definition) is 1. The molecule has 0 aliphatic rings. The predicted molar refractivity (Wildman–Crippen MR) is 88.9 cm³/mol. The SMILES string of the molecule is Cc1cc(CS(=O)(=O)c2ccccc2)cc(C(C)(C)C)c1O. The lowest BCUT2D eigenvalue weighted by Gasteiger charge is -2.22. The fraction of sp³-hybridized carbons (Fsp3) is 0.333. The summed E-state index contributed by atoms with van der Waals surface area (Å²) in [5.41, 5.74) is 1.92. The summed E-state index contributed by atoms with van der Waals surface area (Å²) in [5, 5.41) is 10.2. The smallest absolute Gasteiger partial charge is 0.182 e. The van der Waals surface area contributed by atoms with E-state index in [2.05, 4.69) is 0 Å². The summed E-state index contributed by atoms with van der Waals surface area (Å²) in [6, 6.07) is 12.0. The van der Waals surface area contributed by atoms with Crippen LogP contribution in [0.1, 0.15) is 37.5 Å². The molecule has 3 nitrogen and oxygen atoms in total. The molecule has 0 atom stereocenters. The molecular formula is C18H22O3S. The van der Waals surface area contributed by atoms with E-state index in [1.165, 1.54) is 0 Å². The summed E-state index contributed by atoms with van der Waals surface area (Å²) >= 11 is 0. The van der Waals surface area contributed by atoms with E-state index in [0.29, 0.717) is 16.0 Å². The van der Waals surface area contributed by atoms with E-state index in [1.807, 2.05) is 20.8 Å². The molecule has 0 aromatic heterocycles. The summed E-state index contributed by atoms with van der Waals surface area (Å²) in [7, 11) is -3.39. The Bertz CT molecular complexity index is 770. The van der Waals surface area contributed by atoms with Crippen molar-refractivity contribution in [3.05, 3.63) is 59.2 Å². The molecule has 0 fully saturated rings. The number of hydrogen-bond acceptors (Lipinski definition) is 3. The van der Waals surface area contributed by atoms with E-state index in [0.717, 1.165) is 5.56 Å². The Kier molecular flexibility index (Phi) is 4.34. The van der Waals surface area contributed by atoms with Crippen molar-refractivity contribution in [1.29, 1.82) is 0 Å². The van der Waals surface area contributed by atoms with Crippen LogP contribution in [0.15, 0.2) is 47.4 Å². The van der Waals surface area contributed by atoms with Gasteiger partial charge in [-0.1, -0.05) is 51.1 Å². The summed E-state index contributed by atoms with van der Waals surface area (Å²) in [4.78, 5) is 0.318. The zero-order valence-corrected chi connectivity index (χ0v) is 14.2. The molecule has 0 saturated heterocycles. The number of sulfone groups is 1. The number of phenols is 1. The van der Waals surface area contributed by atoms with Gasteiger partial charge in [0.2, 0.25) is 0 Å². The van der Waals surface area contributed by atoms with Gasteiger partial charge in [0, 0.05) is 0 Å². The lowest BCUT2D eigenvalue weighted by atomic mass is 9.84. The van der Waals surface area contributed by atoms with Crippen LogP contribution in [-0.2, 0) is 21.0 Å². The van der Waals surface area contributed by atoms with Crippen LogP contribution in [0.3, 0.4) is 0 Å². The monoisotopic (exact) mass is 318 g/mol. The Morgan fingerprint density at radius 2 is 1.64 bits per heavy atom.